The number of rotatable bonds is 5. The van der Waals surface area contributed by atoms with Crippen LogP contribution in [0.15, 0.2) is 54.6 Å². The van der Waals surface area contributed by atoms with Gasteiger partial charge in [-0.2, -0.15) is 0 Å². The standard InChI is InChI=1S/C25H30N6O3/c1-24(2,3)22(32)26-18-14-12-17(13-15-18)21-29-27-20(28-30-21)16-31(19-10-8-7-9-11-19)23(33)34-25(4,5)6/h7-15H,16H2,1-6H3,(H,26,32). The van der Waals surface area contributed by atoms with Crippen molar-refractivity contribution in [1.82, 2.24) is 20.4 Å². The molecule has 0 unspecified atom stereocenters. The summed E-state index contributed by atoms with van der Waals surface area (Å²) >= 11 is 0. The van der Waals surface area contributed by atoms with Gasteiger partial charge in [0, 0.05) is 22.4 Å². The highest BCUT2D eigenvalue weighted by molar-refractivity contribution is 5.94. The molecule has 2 aromatic carbocycles. The minimum absolute atomic E-state index is 0.0526. The molecule has 3 rings (SSSR count). The number of ether oxygens (including phenoxy) is 1. The predicted molar refractivity (Wildman–Crippen MR) is 130 cm³/mol. The van der Waals surface area contributed by atoms with E-state index in [0.717, 1.165) is 0 Å². The zero-order chi connectivity index (χ0) is 24.9. The molecule has 34 heavy (non-hydrogen) atoms. The summed E-state index contributed by atoms with van der Waals surface area (Å²) < 4.78 is 5.54. The Balaban J connectivity index is 1.74. The van der Waals surface area contributed by atoms with Gasteiger partial charge in [-0.1, -0.05) is 39.0 Å². The maximum Gasteiger partial charge on any atom is 0.415 e. The van der Waals surface area contributed by atoms with Gasteiger partial charge in [0.2, 0.25) is 11.7 Å². The van der Waals surface area contributed by atoms with Crippen LogP contribution in [-0.4, -0.2) is 38.0 Å². The van der Waals surface area contributed by atoms with Crippen LogP contribution in [0.1, 0.15) is 47.4 Å². The number of hydrogen-bond acceptors (Lipinski definition) is 7. The number of carbonyl (C=O) groups excluding carboxylic acids is 2. The van der Waals surface area contributed by atoms with Crippen LogP contribution in [0.25, 0.3) is 11.4 Å². The number of hydrogen-bond donors (Lipinski definition) is 1. The van der Waals surface area contributed by atoms with E-state index in [1.54, 1.807) is 36.4 Å². The molecule has 0 fully saturated rings. The first kappa shape index (κ1) is 24.8. The van der Waals surface area contributed by atoms with Crippen LogP contribution < -0.4 is 10.2 Å². The van der Waals surface area contributed by atoms with Gasteiger partial charge in [0.25, 0.3) is 0 Å². The minimum Gasteiger partial charge on any atom is -0.443 e. The molecule has 0 aliphatic carbocycles. The molecule has 0 aliphatic heterocycles. The SMILES string of the molecule is CC(C)(C)OC(=O)N(Cc1nnc(-c2ccc(NC(=O)C(C)(C)C)cc2)nn1)c1ccccc1. The predicted octanol–water partition coefficient (Wildman–Crippen LogP) is 4.86. The normalized spacial score (nSPS) is 11.6. The topological polar surface area (TPSA) is 110 Å². The van der Waals surface area contributed by atoms with Crippen molar-refractivity contribution in [3.8, 4) is 11.4 Å². The second-order valence-corrected chi connectivity index (χ2v) is 9.82. The molecule has 0 atom stereocenters. The molecule has 9 nitrogen and oxygen atoms in total. The van der Waals surface area contributed by atoms with Crippen molar-refractivity contribution in [3.05, 3.63) is 60.4 Å². The van der Waals surface area contributed by atoms with Gasteiger partial charge in [0.05, 0.1) is 6.54 Å². The van der Waals surface area contributed by atoms with E-state index in [4.69, 9.17) is 4.74 Å². The molecule has 0 spiro atoms. The lowest BCUT2D eigenvalue weighted by molar-refractivity contribution is -0.123. The summed E-state index contributed by atoms with van der Waals surface area (Å²) in [6, 6.07) is 16.3. The van der Waals surface area contributed by atoms with E-state index in [0.29, 0.717) is 22.8 Å². The fraction of sp³-hybridized carbons (Fsp3) is 0.360. The highest BCUT2D eigenvalue weighted by Crippen LogP contribution is 2.22. The van der Waals surface area contributed by atoms with Gasteiger partial charge in [0.15, 0.2) is 5.82 Å². The van der Waals surface area contributed by atoms with Gasteiger partial charge < -0.3 is 10.1 Å². The number of carbonyl (C=O) groups is 2. The summed E-state index contributed by atoms with van der Waals surface area (Å²) in [5.74, 6) is 0.533. The van der Waals surface area contributed by atoms with Crippen molar-refractivity contribution in [2.24, 2.45) is 5.41 Å². The molecule has 9 heteroatoms. The third-order valence-corrected chi connectivity index (χ3v) is 4.58. The van der Waals surface area contributed by atoms with Crippen LogP contribution >= 0.6 is 0 Å². The van der Waals surface area contributed by atoms with Gasteiger partial charge in [0.1, 0.15) is 5.60 Å². The highest BCUT2D eigenvalue weighted by atomic mass is 16.6. The zero-order valence-electron chi connectivity index (χ0n) is 20.4. The Morgan fingerprint density at radius 1 is 0.853 bits per heavy atom. The van der Waals surface area contributed by atoms with Gasteiger partial charge in [-0.3, -0.25) is 9.69 Å². The molecular formula is C25H30N6O3. The van der Waals surface area contributed by atoms with Crippen molar-refractivity contribution in [3.63, 3.8) is 0 Å². The van der Waals surface area contributed by atoms with E-state index in [9.17, 15) is 9.59 Å². The Morgan fingerprint density at radius 3 is 1.97 bits per heavy atom. The molecule has 2 amide bonds. The lowest BCUT2D eigenvalue weighted by atomic mass is 9.95. The second-order valence-electron chi connectivity index (χ2n) is 9.82. The molecule has 0 bridgehead atoms. The zero-order valence-corrected chi connectivity index (χ0v) is 20.4. The smallest absolute Gasteiger partial charge is 0.415 e. The Labute approximate surface area is 199 Å². The number of para-hydroxylation sites is 1. The Bertz CT molecular complexity index is 1120. The molecule has 3 aromatic rings. The first-order valence-corrected chi connectivity index (χ1v) is 11.0. The molecule has 0 saturated heterocycles. The number of anilines is 2. The van der Waals surface area contributed by atoms with Gasteiger partial charge in [-0.05, 0) is 57.2 Å². The quantitative estimate of drug-likeness (QED) is 0.576. The monoisotopic (exact) mass is 462 g/mol. The lowest BCUT2D eigenvalue weighted by Crippen LogP contribution is -2.37. The Morgan fingerprint density at radius 2 is 1.44 bits per heavy atom. The lowest BCUT2D eigenvalue weighted by Gasteiger charge is -2.26. The molecule has 0 saturated carbocycles. The highest BCUT2D eigenvalue weighted by Gasteiger charge is 2.25. The summed E-state index contributed by atoms with van der Waals surface area (Å²) in [7, 11) is 0. The molecular weight excluding hydrogens is 432 g/mol. The van der Waals surface area contributed by atoms with Gasteiger partial charge >= 0.3 is 6.09 Å². The van der Waals surface area contributed by atoms with Crippen LogP contribution in [0.4, 0.5) is 16.2 Å². The minimum atomic E-state index is -0.649. The van der Waals surface area contributed by atoms with Crippen LogP contribution in [0.2, 0.25) is 0 Å². The molecule has 1 heterocycles. The van der Waals surface area contributed by atoms with E-state index in [-0.39, 0.29) is 18.3 Å². The first-order chi connectivity index (χ1) is 15.9. The van der Waals surface area contributed by atoms with E-state index >= 15 is 0 Å². The second kappa shape index (κ2) is 9.94. The van der Waals surface area contributed by atoms with Crippen molar-refractivity contribution >= 4 is 23.4 Å². The van der Waals surface area contributed by atoms with Crippen LogP contribution in [0.5, 0.6) is 0 Å². The number of nitrogens with one attached hydrogen (secondary N) is 1. The number of amides is 2. The van der Waals surface area contributed by atoms with Gasteiger partial charge in [-0.25, -0.2) is 4.79 Å². The molecule has 0 radical (unpaired) electrons. The van der Waals surface area contributed by atoms with E-state index < -0.39 is 17.1 Å². The average Bonchev–Trinajstić information content (AvgIpc) is 2.77. The largest absolute Gasteiger partial charge is 0.443 e. The molecule has 1 N–H and O–H groups in total. The number of nitrogens with zero attached hydrogens (tertiary/aromatic N) is 5. The number of benzene rings is 2. The van der Waals surface area contributed by atoms with E-state index in [1.807, 2.05) is 59.7 Å². The summed E-state index contributed by atoms with van der Waals surface area (Å²) in [6.07, 6.45) is -0.515. The van der Waals surface area contributed by atoms with Crippen LogP contribution in [-0.2, 0) is 16.1 Å². The average molecular weight is 463 g/mol. The molecule has 0 aliphatic rings. The van der Waals surface area contributed by atoms with Crippen molar-refractivity contribution in [2.75, 3.05) is 10.2 Å². The van der Waals surface area contributed by atoms with Crippen LogP contribution in [0.3, 0.4) is 0 Å². The first-order valence-electron chi connectivity index (χ1n) is 11.0. The van der Waals surface area contributed by atoms with Crippen molar-refractivity contribution < 1.29 is 14.3 Å². The summed E-state index contributed by atoms with van der Waals surface area (Å²) in [5, 5.41) is 19.5. The Hall–Kier alpha value is -3.88. The fourth-order valence-corrected chi connectivity index (χ4v) is 2.78. The summed E-state index contributed by atoms with van der Waals surface area (Å²) in [4.78, 5) is 26.4. The summed E-state index contributed by atoms with van der Waals surface area (Å²) in [5.41, 5.74) is 0.893. The number of aromatic nitrogens is 4. The third kappa shape index (κ3) is 6.81. The maximum absolute atomic E-state index is 12.8. The summed E-state index contributed by atoms with van der Waals surface area (Å²) in [6.45, 7) is 11.0. The molecule has 1 aromatic heterocycles. The fourth-order valence-electron chi connectivity index (χ4n) is 2.78. The maximum atomic E-state index is 12.8. The van der Waals surface area contributed by atoms with Crippen LogP contribution in [0, 0.1) is 5.41 Å². The van der Waals surface area contributed by atoms with E-state index in [1.165, 1.54) is 4.90 Å². The van der Waals surface area contributed by atoms with E-state index in [2.05, 4.69) is 25.7 Å². The van der Waals surface area contributed by atoms with Crippen molar-refractivity contribution in [1.29, 1.82) is 0 Å². The Kier molecular flexibility index (Phi) is 7.24. The molecule has 178 valence electrons. The van der Waals surface area contributed by atoms with Crippen molar-refractivity contribution in [2.45, 2.75) is 53.7 Å². The van der Waals surface area contributed by atoms with Gasteiger partial charge in [-0.15, -0.1) is 20.4 Å². The third-order valence-electron chi connectivity index (χ3n) is 4.58.